The van der Waals surface area contributed by atoms with Crippen molar-refractivity contribution in [1.82, 2.24) is 9.97 Å². The number of hydrogen-bond acceptors (Lipinski definition) is 4. The van der Waals surface area contributed by atoms with Crippen LogP contribution in [0, 0.1) is 12.7 Å². The van der Waals surface area contributed by atoms with Crippen LogP contribution in [-0.4, -0.2) is 9.97 Å². The third-order valence-electron chi connectivity index (χ3n) is 3.59. The van der Waals surface area contributed by atoms with Crippen molar-refractivity contribution in [1.29, 1.82) is 0 Å². The van der Waals surface area contributed by atoms with Crippen LogP contribution in [0.5, 0.6) is 0 Å². The van der Waals surface area contributed by atoms with Crippen LogP contribution in [0.25, 0.3) is 0 Å². The molecule has 0 unspecified atom stereocenters. The van der Waals surface area contributed by atoms with E-state index >= 15 is 0 Å². The Morgan fingerprint density at radius 3 is 2.17 bits per heavy atom. The Morgan fingerprint density at radius 2 is 1.50 bits per heavy atom. The SMILES string of the molecule is CCc1ccc(Nc2nc(C)cc(Nc3ccc(F)cc3)n2)cc1. The van der Waals surface area contributed by atoms with Gasteiger partial charge in [0.05, 0.1) is 0 Å². The third-order valence-corrected chi connectivity index (χ3v) is 3.59. The minimum Gasteiger partial charge on any atom is -0.340 e. The molecule has 0 bridgehead atoms. The van der Waals surface area contributed by atoms with Crippen LogP contribution in [0.3, 0.4) is 0 Å². The molecule has 0 aliphatic heterocycles. The molecule has 5 heteroatoms. The quantitative estimate of drug-likeness (QED) is 0.696. The third kappa shape index (κ3) is 4.07. The van der Waals surface area contributed by atoms with Gasteiger partial charge in [0.25, 0.3) is 0 Å². The molecule has 122 valence electrons. The Labute approximate surface area is 140 Å². The van der Waals surface area contributed by atoms with Gasteiger partial charge in [-0.05, 0) is 55.3 Å². The Hall–Kier alpha value is -2.95. The summed E-state index contributed by atoms with van der Waals surface area (Å²) in [6.45, 7) is 4.03. The average Bonchev–Trinajstić information content (AvgIpc) is 2.57. The summed E-state index contributed by atoms with van der Waals surface area (Å²) in [5, 5.41) is 6.37. The van der Waals surface area contributed by atoms with Gasteiger partial charge in [-0.2, -0.15) is 4.98 Å². The summed E-state index contributed by atoms with van der Waals surface area (Å²) in [6.07, 6.45) is 1.01. The fourth-order valence-electron chi connectivity index (χ4n) is 2.32. The van der Waals surface area contributed by atoms with Gasteiger partial charge in [0.15, 0.2) is 0 Å². The van der Waals surface area contributed by atoms with Crippen molar-refractivity contribution < 1.29 is 4.39 Å². The van der Waals surface area contributed by atoms with Gasteiger partial charge in [0.1, 0.15) is 11.6 Å². The van der Waals surface area contributed by atoms with Crippen LogP contribution >= 0.6 is 0 Å². The first-order chi connectivity index (χ1) is 11.6. The summed E-state index contributed by atoms with van der Waals surface area (Å²) >= 11 is 0. The van der Waals surface area contributed by atoms with Gasteiger partial charge < -0.3 is 10.6 Å². The van der Waals surface area contributed by atoms with Gasteiger partial charge in [0.2, 0.25) is 5.95 Å². The molecule has 0 atom stereocenters. The van der Waals surface area contributed by atoms with Crippen molar-refractivity contribution in [3.8, 4) is 0 Å². The Bertz CT molecular complexity index is 814. The van der Waals surface area contributed by atoms with E-state index < -0.39 is 0 Å². The van der Waals surface area contributed by atoms with E-state index in [9.17, 15) is 4.39 Å². The van der Waals surface area contributed by atoms with E-state index in [0.29, 0.717) is 11.8 Å². The Balaban J connectivity index is 1.78. The number of rotatable bonds is 5. The zero-order chi connectivity index (χ0) is 16.9. The van der Waals surface area contributed by atoms with Gasteiger partial charge in [-0.3, -0.25) is 0 Å². The first-order valence-electron chi connectivity index (χ1n) is 7.86. The van der Waals surface area contributed by atoms with Gasteiger partial charge in [-0.15, -0.1) is 0 Å². The van der Waals surface area contributed by atoms with E-state index in [-0.39, 0.29) is 5.82 Å². The van der Waals surface area contributed by atoms with Crippen LogP contribution in [0.2, 0.25) is 0 Å². The summed E-state index contributed by atoms with van der Waals surface area (Å²) in [4.78, 5) is 8.87. The molecular weight excluding hydrogens is 303 g/mol. The molecule has 0 radical (unpaired) electrons. The summed E-state index contributed by atoms with van der Waals surface area (Å²) in [5.41, 5.74) is 3.82. The summed E-state index contributed by atoms with van der Waals surface area (Å²) in [7, 11) is 0. The largest absolute Gasteiger partial charge is 0.340 e. The van der Waals surface area contributed by atoms with Gasteiger partial charge >= 0.3 is 0 Å². The number of hydrogen-bond donors (Lipinski definition) is 2. The van der Waals surface area contributed by atoms with Gasteiger partial charge in [-0.1, -0.05) is 19.1 Å². The standard InChI is InChI=1S/C19H19FN4/c1-3-14-4-8-17(9-5-14)23-19-21-13(2)12-18(24-19)22-16-10-6-15(20)7-11-16/h4-12H,3H2,1-2H3,(H2,21,22,23,24). The number of nitrogens with one attached hydrogen (secondary N) is 2. The maximum atomic E-state index is 13.0. The van der Waals surface area contributed by atoms with E-state index in [1.54, 1.807) is 12.1 Å². The average molecular weight is 322 g/mol. The second-order valence-corrected chi connectivity index (χ2v) is 5.53. The van der Waals surface area contributed by atoms with Crippen molar-refractivity contribution in [3.63, 3.8) is 0 Å². The second kappa shape index (κ2) is 7.08. The van der Waals surface area contributed by atoms with E-state index in [2.05, 4.69) is 39.7 Å². The highest BCUT2D eigenvalue weighted by Crippen LogP contribution is 2.19. The highest BCUT2D eigenvalue weighted by Gasteiger charge is 2.04. The van der Waals surface area contributed by atoms with E-state index in [0.717, 1.165) is 23.5 Å². The zero-order valence-electron chi connectivity index (χ0n) is 13.7. The molecular formula is C19H19FN4. The van der Waals surface area contributed by atoms with E-state index in [4.69, 9.17) is 0 Å². The topological polar surface area (TPSA) is 49.8 Å². The number of aromatic nitrogens is 2. The molecule has 3 aromatic rings. The molecule has 1 heterocycles. The number of anilines is 4. The first-order valence-corrected chi connectivity index (χ1v) is 7.86. The predicted octanol–water partition coefficient (Wildman–Crippen LogP) is 4.97. The Kier molecular flexibility index (Phi) is 4.70. The van der Waals surface area contributed by atoms with Crippen molar-refractivity contribution in [3.05, 3.63) is 71.7 Å². The van der Waals surface area contributed by atoms with Crippen LogP contribution in [0.4, 0.5) is 27.5 Å². The summed E-state index contributed by atoms with van der Waals surface area (Å²) in [5.74, 6) is 0.906. The molecule has 0 aliphatic rings. The maximum absolute atomic E-state index is 13.0. The smallest absolute Gasteiger partial charge is 0.229 e. The number of aryl methyl sites for hydroxylation is 2. The fraction of sp³-hybridized carbons (Fsp3) is 0.158. The molecule has 2 aromatic carbocycles. The molecule has 0 aliphatic carbocycles. The maximum Gasteiger partial charge on any atom is 0.229 e. The lowest BCUT2D eigenvalue weighted by atomic mass is 10.1. The van der Waals surface area contributed by atoms with Crippen molar-refractivity contribution in [2.24, 2.45) is 0 Å². The van der Waals surface area contributed by atoms with Crippen molar-refractivity contribution in [2.75, 3.05) is 10.6 Å². The molecule has 24 heavy (non-hydrogen) atoms. The molecule has 3 rings (SSSR count). The van der Waals surface area contributed by atoms with Crippen LogP contribution < -0.4 is 10.6 Å². The minimum atomic E-state index is -0.266. The molecule has 0 spiro atoms. The highest BCUT2D eigenvalue weighted by atomic mass is 19.1. The first kappa shape index (κ1) is 15.9. The van der Waals surface area contributed by atoms with E-state index in [1.807, 2.05) is 25.1 Å². The van der Waals surface area contributed by atoms with Gasteiger partial charge in [-0.25, -0.2) is 9.37 Å². The fourth-order valence-corrected chi connectivity index (χ4v) is 2.32. The summed E-state index contributed by atoms with van der Waals surface area (Å²) in [6, 6.07) is 16.2. The minimum absolute atomic E-state index is 0.266. The van der Waals surface area contributed by atoms with Crippen molar-refractivity contribution in [2.45, 2.75) is 20.3 Å². The van der Waals surface area contributed by atoms with Crippen LogP contribution in [0.1, 0.15) is 18.2 Å². The number of halogens is 1. The van der Waals surface area contributed by atoms with Gasteiger partial charge in [0, 0.05) is 23.1 Å². The second-order valence-electron chi connectivity index (χ2n) is 5.53. The van der Waals surface area contributed by atoms with Crippen LogP contribution in [-0.2, 0) is 6.42 Å². The molecule has 0 saturated heterocycles. The normalized spacial score (nSPS) is 10.5. The van der Waals surface area contributed by atoms with Crippen LogP contribution in [0.15, 0.2) is 54.6 Å². The molecule has 2 N–H and O–H groups in total. The Morgan fingerprint density at radius 1 is 0.875 bits per heavy atom. The molecule has 4 nitrogen and oxygen atoms in total. The lowest BCUT2D eigenvalue weighted by Crippen LogP contribution is -2.02. The monoisotopic (exact) mass is 322 g/mol. The zero-order valence-corrected chi connectivity index (χ0v) is 13.7. The van der Waals surface area contributed by atoms with E-state index in [1.165, 1.54) is 17.7 Å². The number of benzene rings is 2. The lowest BCUT2D eigenvalue weighted by molar-refractivity contribution is 0.628. The molecule has 0 fully saturated rings. The predicted molar refractivity (Wildman–Crippen MR) is 95.6 cm³/mol. The molecule has 1 aromatic heterocycles. The number of nitrogens with zero attached hydrogens (tertiary/aromatic N) is 2. The molecule has 0 amide bonds. The lowest BCUT2D eigenvalue weighted by Gasteiger charge is -2.10. The molecule has 0 saturated carbocycles. The summed E-state index contributed by atoms with van der Waals surface area (Å²) < 4.78 is 13.0. The van der Waals surface area contributed by atoms with Crippen molar-refractivity contribution >= 4 is 23.1 Å². The highest BCUT2D eigenvalue weighted by molar-refractivity contribution is 5.60.